The van der Waals surface area contributed by atoms with Crippen LogP contribution in [0.15, 0.2) is 60.7 Å². The number of unbranched alkanes of at least 4 members (excludes halogenated alkanes) is 8. The Morgan fingerprint density at radius 2 is 1.36 bits per heavy atom. The molecule has 66 heavy (non-hydrogen) atoms. The van der Waals surface area contributed by atoms with E-state index in [0.717, 1.165) is 19.3 Å². The molecule has 0 saturated carbocycles. The monoisotopic (exact) mass is 943 g/mol. The average molecular weight is 943 g/mol. The molecule has 1 amide bonds. The summed E-state index contributed by atoms with van der Waals surface area (Å²) in [6, 6.07) is 21.1. The van der Waals surface area contributed by atoms with Gasteiger partial charge >= 0.3 is 167 Å². The maximum Gasteiger partial charge on any atom is 0.126 e. The quantitative estimate of drug-likeness (QED) is 0.0662. The fraction of sp³-hybridized carbons (Fsp3) is 0.741. The number of hydrogen-bond donors (Lipinski definition) is 4. The van der Waals surface area contributed by atoms with Gasteiger partial charge in [-0.15, -0.1) is 0 Å². The minimum absolute atomic E-state index is 0.128. The number of rotatable bonds is 18. The fourth-order valence-corrected chi connectivity index (χ4v) is 14.8. The summed E-state index contributed by atoms with van der Waals surface area (Å²) in [4.78, 5) is 31.5. The Morgan fingerprint density at radius 1 is 0.833 bits per heavy atom. The molecule has 4 N–H and O–H groups in total. The summed E-state index contributed by atoms with van der Waals surface area (Å²) in [5.41, 5.74) is -3.32. The normalized spacial score (nSPS) is 33.5. The largest absolute Gasteiger partial charge is 0.388 e. The molecular weight excluding hydrogens is 852 g/mol. The van der Waals surface area contributed by atoms with Crippen LogP contribution in [0.3, 0.4) is 0 Å². The molecule has 2 fully saturated rings. The van der Waals surface area contributed by atoms with Crippen LogP contribution in [0.2, 0.25) is 0 Å². The van der Waals surface area contributed by atoms with Crippen molar-refractivity contribution < 1.29 is 44.2 Å². The van der Waals surface area contributed by atoms with Crippen LogP contribution in [-0.4, -0.2) is 136 Å². The molecule has 2 aromatic carbocycles. The Hall–Kier alpha value is -2.47. The van der Waals surface area contributed by atoms with Crippen LogP contribution in [0.5, 0.6) is 0 Å². The van der Waals surface area contributed by atoms with Crippen molar-refractivity contribution in [2.75, 3.05) is 33.5 Å². The zero-order valence-corrected chi connectivity index (χ0v) is 43.7. The molecule has 0 aromatic heterocycles. The molecule has 2 aliphatic rings. The van der Waals surface area contributed by atoms with E-state index in [-0.39, 0.29) is 49.8 Å². The van der Waals surface area contributed by atoms with Gasteiger partial charge in [0.15, 0.2) is 6.29 Å². The number of cyclic esters (lactones) is 1. The fourth-order valence-electron chi connectivity index (χ4n) is 11.1. The first-order valence-electron chi connectivity index (χ1n) is 25.5. The van der Waals surface area contributed by atoms with Crippen molar-refractivity contribution in [3.05, 3.63) is 60.7 Å². The van der Waals surface area contributed by atoms with Crippen molar-refractivity contribution in [1.82, 2.24) is 9.80 Å². The van der Waals surface area contributed by atoms with E-state index in [0.29, 0.717) is 19.3 Å². The van der Waals surface area contributed by atoms with Crippen molar-refractivity contribution >= 4 is 29.7 Å². The van der Waals surface area contributed by atoms with Crippen LogP contribution in [-0.2, 0) is 23.8 Å². The first-order valence-corrected chi connectivity index (χ1v) is 28.2. The van der Waals surface area contributed by atoms with Gasteiger partial charge in [-0.25, -0.2) is 0 Å². The number of aliphatic hydroxyl groups excluding tert-OH is 2. The Labute approximate surface area is 399 Å². The van der Waals surface area contributed by atoms with Crippen LogP contribution in [0.1, 0.15) is 145 Å². The van der Waals surface area contributed by atoms with Crippen molar-refractivity contribution in [3.8, 4) is 0 Å². The van der Waals surface area contributed by atoms with Crippen LogP contribution in [0.4, 0.5) is 0 Å². The second-order valence-electron chi connectivity index (χ2n) is 21.4. The first-order chi connectivity index (χ1) is 31.1. The van der Waals surface area contributed by atoms with Gasteiger partial charge in [0.05, 0.1) is 29.8 Å². The topological polar surface area (TPSA) is 149 Å². The zero-order valence-electron chi connectivity index (χ0n) is 42.7. The molecule has 0 bridgehead atoms. The van der Waals surface area contributed by atoms with Crippen LogP contribution < -0.4 is 10.6 Å². The zero-order chi connectivity index (χ0) is 48.8. The van der Waals surface area contributed by atoms with E-state index in [9.17, 15) is 30.0 Å². The number of carbonyl (C=O) groups excluding carboxylic acids is 2. The number of esters is 1. The van der Waals surface area contributed by atoms with Crippen LogP contribution >= 0.6 is 7.26 Å². The van der Waals surface area contributed by atoms with Crippen molar-refractivity contribution in [3.63, 3.8) is 0 Å². The van der Waals surface area contributed by atoms with Gasteiger partial charge in [-0.05, 0) is 79.3 Å². The SMILES string of the molecule is CC[C@H]1OC(=O)[C@H](C)C[C@H](C)[C@@H](O[C@@H]2O[C@H](C)C[C@H](N(C)C)[C@H]2O)[C@](C)(O)C[C@@H](C)CN(C(=O)CCCCCCCCCCC[PH](C)(c2ccccc2)c2ccccc2)[C@H](C)[C@@H](O)[C@]1(C)O. The summed E-state index contributed by atoms with van der Waals surface area (Å²) in [7, 11) is 2.02. The van der Waals surface area contributed by atoms with Gasteiger partial charge in [-0.2, -0.15) is 0 Å². The number of likely N-dealkylation sites (N-methyl/N-ethyl adjacent to an activating group) is 1. The van der Waals surface area contributed by atoms with Gasteiger partial charge in [0.1, 0.15) is 23.9 Å². The molecule has 0 radical (unpaired) electrons. The minimum Gasteiger partial charge on any atom is -0.388 e. The number of carbonyl (C=O) groups is 2. The van der Waals surface area contributed by atoms with E-state index in [1.807, 2.05) is 39.8 Å². The number of ether oxygens (including phenoxy) is 3. The Kier molecular flexibility index (Phi) is 22.1. The molecule has 2 saturated heterocycles. The Balaban J connectivity index is 1.38. The second-order valence-corrected chi connectivity index (χ2v) is 25.8. The average Bonchev–Trinajstić information content (AvgIpc) is 3.28. The van der Waals surface area contributed by atoms with Gasteiger partial charge < -0.3 is 44.4 Å². The summed E-state index contributed by atoms with van der Waals surface area (Å²) in [6.45, 7) is 17.0. The summed E-state index contributed by atoms with van der Waals surface area (Å²) < 4.78 is 18.7. The summed E-state index contributed by atoms with van der Waals surface area (Å²) in [6.07, 6.45) is 7.29. The summed E-state index contributed by atoms with van der Waals surface area (Å²) >= 11 is 0. The third-order valence-electron chi connectivity index (χ3n) is 15.1. The maximum atomic E-state index is 14.2. The third-order valence-corrected chi connectivity index (χ3v) is 19.7. The number of amides is 1. The first kappa shape index (κ1) is 56.1. The van der Waals surface area contributed by atoms with Crippen molar-refractivity contribution in [2.24, 2.45) is 17.8 Å². The predicted molar refractivity (Wildman–Crippen MR) is 270 cm³/mol. The Morgan fingerprint density at radius 3 is 1.89 bits per heavy atom. The third kappa shape index (κ3) is 15.3. The van der Waals surface area contributed by atoms with Crippen LogP contribution in [0.25, 0.3) is 0 Å². The van der Waals surface area contributed by atoms with Gasteiger partial charge in [0.2, 0.25) is 0 Å². The standard InChI is InChI=1S/C54H91N2O9P/c1-12-46-54(8,62)49(59)42(6)56(47(57)32-26-18-16-14-13-15-17-19-27-33-66(11,43-28-22-20-23-29-43)44-30-24-21-25-31-44)37-38(2)36-53(7,61)50(39(3)34-40(4)51(60)64-46)65-52-48(58)45(55(9)10)35-41(5)63-52/h20-25,28-31,38-42,45-46,48-50,52,58-59,61-62,66H,12-19,26-27,32-37H2,1-11H3/t38-,39+,40-,41-,42-,45+,46-,48-,49-,50-,52+,53-,54-/m1/s1. The smallest absolute Gasteiger partial charge is 0.126 e. The number of hydrogen-bond acceptors (Lipinski definition) is 10. The molecule has 2 heterocycles. The molecule has 0 aliphatic carbocycles. The second kappa shape index (κ2) is 25.9. The molecule has 376 valence electrons. The molecular formula is C54H91N2O9P. The minimum atomic E-state index is -1.85. The van der Waals surface area contributed by atoms with E-state index < -0.39 is 73.0 Å². The van der Waals surface area contributed by atoms with Crippen molar-refractivity contribution in [2.45, 2.75) is 205 Å². The van der Waals surface area contributed by atoms with Gasteiger partial charge in [-0.1, -0.05) is 27.7 Å². The van der Waals surface area contributed by atoms with Gasteiger partial charge in [0.25, 0.3) is 0 Å². The number of aliphatic hydroxyl groups is 4. The molecule has 2 aliphatic heterocycles. The van der Waals surface area contributed by atoms with E-state index in [4.69, 9.17) is 14.2 Å². The summed E-state index contributed by atoms with van der Waals surface area (Å²) in [5, 5.41) is 50.6. The molecule has 0 spiro atoms. The predicted octanol–water partition coefficient (Wildman–Crippen LogP) is 7.83. The van der Waals surface area contributed by atoms with Gasteiger partial charge in [0, 0.05) is 12.6 Å². The molecule has 11 nitrogen and oxygen atoms in total. The summed E-state index contributed by atoms with van der Waals surface area (Å²) in [5.74, 6) is -1.96. The molecule has 0 unspecified atom stereocenters. The number of benzene rings is 2. The molecule has 2 aromatic rings. The van der Waals surface area contributed by atoms with E-state index in [1.165, 1.54) is 55.8 Å². The Bertz CT molecular complexity index is 1690. The van der Waals surface area contributed by atoms with Gasteiger partial charge in [-0.3, -0.25) is 9.59 Å². The van der Waals surface area contributed by atoms with Crippen molar-refractivity contribution in [1.29, 1.82) is 0 Å². The van der Waals surface area contributed by atoms with E-state index >= 15 is 0 Å². The van der Waals surface area contributed by atoms with E-state index in [2.05, 4.69) is 67.3 Å². The molecule has 12 heteroatoms. The van der Waals surface area contributed by atoms with Crippen LogP contribution in [0, 0.1) is 17.8 Å². The van der Waals surface area contributed by atoms with E-state index in [1.54, 1.807) is 32.6 Å². The molecule has 13 atom stereocenters. The maximum absolute atomic E-state index is 14.2. The molecule has 4 rings (SSSR count). The number of nitrogens with zero attached hydrogens (tertiary/aromatic N) is 2.